The summed E-state index contributed by atoms with van der Waals surface area (Å²) in [6.45, 7) is 0. The molecule has 66 valence electrons. The first kappa shape index (κ1) is 9.22. The van der Waals surface area contributed by atoms with Crippen molar-refractivity contribution in [3.63, 3.8) is 0 Å². The minimum atomic E-state index is -0.313. The Kier molecular flexibility index (Phi) is 3.76. The Morgan fingerprint density at radius 3 is 3.08 bits per heavy atom. The lowest BCUT2D eigenvalue weighted by Crippen LogP contribution is -2.17. The van der Waals surface area contributed by atoms with Crippen molar-refractivity contribution in [2.24, 2.45) is 0 Å². The van der Waals surface area contributed by atoms with Crippen LogP contribution in [0.3, 0.4) is 0 Å². The van der Waals surface area contributed by atoms with Gasteiger partial charge in [-0.2, -0.15) is 0 Å². The molecule has 1 rings (SSSR count). The fourth-order valence-corrected chi connectivity index (χ4v) is 1.69. The van der Waals surface area contributed by atoms with Gasteiger partial charge in [0.2, 0.25) is 5.91 Å². The normalized spacial score (nSPS) is 9.75. The van der Waals surface area contributed by atoms with E-state index >= 15 is 0 Å². The summed E-state index contributed by atoms with van der Waals surface area (Å²) in [6, 6.07) is 4.04. The maximum atomic E-state index is 10.6. The van der Waals surface area contributed by atoms with Crippen molar-refractivity contribution in [3.8, 4) is 0 Å². The Morgan fingerprint density at radius 1 is 1.67 bits per heavy atom. The molecule has 0 radical (unpaired) electrons. The number of carbonyl (C=O) groups excluding carboxylic acids is 1. The Hall–Kier alpha value is -0.870. The van der Waals surface area contributed by atoms with Crippen LogP contribution in [0.5, 0.6) is 0 Å². The SMILES string of the molecule is O=C(CCCc1cccs1)NO. The molecule has 4 heteroatoms. The lowest BCUT2D eigenvalue weighted by Gasteiger charge is -1.96. The fourth-order valence-electron chi connectivity index (χ4n) is 0.934. The molecule has 0 fully saturated rings. The second-order valence-corrected chi connectivity index (χ2v) is 3.50. The second kappa shape index (κ2) is 4.90. The lowest BCUT2D eigenvalue weighted by molar-refractivity contribution is -0.129. The summed E-state index contributed by atoms with van der Waals surface area (Å²) in [5.41, 5.74) is 1.61. The molecule has 1 heterocycles. The van der Waals surface area contributed by atoms with E-state index in [0.29, 0.717) is 6.42 Å². The summed E-state index contributed by atoms with van der Waals surface area (Å²) in [7, 11) is 0. The number of aryl methyl sites for hydroxylation is 1. The van der Waals surface area contributed by atoms with E-state index < -0.39 is 0 Å². The predicted molar refractivity (Wildman–Crippen MR) is 47.2 cm³/mol. The van der Waals surface area contributed by atoms with Crippen molar-refractivity contribution < 1.29 is 10.0 Å². The summed E-state index contributed by atoms with van der Waals surface area (Å²) >= 11 is 1.69. The van der Waals surface area contributed by atoms with Crippen molar-refractivity contribution in [2.45, 2.75) is 19.3 Å². The van der Waals surface area contributed by atoms with Gasteiger partial charge in [0.25, 0.3) is 0 Å². The third kappa shape index (κ3) is 3.02. The molecule has 3 nitrogen and oxygen atoms in total. The monoisotopic (exact) mass is 185 g/mol. The predicted octanol–water partition coefficient (Wildman–Crippen LogP) is 1.58. The van der Waals surface area contributed by atoms with E-state index in [1.165, 1.54) is 4.88 Å². The van der Waals surface area contributed by atoms with Crippen molar-refractivity contribution >= 4 is 17.2 Å². The van der Waals surface area contributed by atoms with Crippen LogP contribution in [0, 0.1) is 0 Å². The van der Waals surface area contributed by atoms with Crippen LogP contribution in [0.2, 0.25) is 0 Å². The van der Waals surface area contributed by atoms with Gasteiger partial charge in [-0.1, -0.05) is 6.07 Å². The second-order valence-electron chi connectivity index (χ2n) is 2.47. The number of amides is 1. The zero-order valence-electron chi connectivity index (χ0n) is 6.62. The summed E-state index contributed by atoms with van der Waals surface area (Å²) < 4.78 is 0. The molecule has 1 amide bonds. The maximum Gasteiger partial charge on any atom is 0.243 e. The van der Waals surface area contributed by atoms with Gasteiger partial charge in [0.05, 0.1) is 0 Å². The third-order valence-corrected chi connectivity index (χ3v) is 2.47. The van der Waals surface area contributed by atoms with Gasteiger partial charge in [0.15, 0.2) is 0 Å². The highest BCUT2D eigenvalue weighted by molar-refractivity contribution is 7.09. The first-order valence-corrected chi connectivity index (χ1v) is 4.66. The summed E-state index contributed by atoms with van der Waals surface area (Å²) in [5.74, 6) is -0.313. The van der Waals surface area contributed by atoms with Gasteiger partial charge in [-0.15, -0.1) is 11.3 Å². The highest BCUT2D eigenvalue weighted by atomic mass is 32.1. The van der Waals surface area contributed by atoms with Crippen LogP contribution in [0.25, 0.3) is 0 Å². The van der Waals surface area contributed by atoms with Crippen LogP contribution in [0.1, 0.15) is 17.7 Å². The van der Waals surface area contributed by atoms with Crippen molar-refractivity contribution in [3.05, 3.63) is 22.4 Å². The molecule has 2 N–H and O–H groups in total. The average Bonchev–Trinajstić information content (AvgIpc) is 2.57. The fraction of sp³-hybridized carbons (Fsp3) is 0.375. The van der Waals surface area contributed by atoms with E-state index in [2.05, 4.69) is 0 Å². The molecule has 0 saturated heterocycles. The van der Waals surface area contributed by atoms with Gasteiger partial charge in [-0.05, 0) is 24.3 Å². The molecule has 0 unspecified atom stereocenters. The van der Waals surface area contributed by atoms with Gasteiger partial charge >= 0.3 is 0 Å². The Bertz CT molecular complexity index is 233. The molecule has 0 spiro atoms. The van der Waals surface area contributed by atoms with Crippen LogP contribution < -0.4 is 5.48 Å². The molecule has 1 aromatic rings. The van der Waals surface area contributed by atoms with E-state index in [9.17, 15) is 4.79 Å². The summed E-state index contributed by atoms with van der Waals surface area (Å²) in [6.07, 6.45) is 2.08. The Labute approximate surface area is 75.0 Å². The van der Waals surface area contributed by atoms with E-state index in [1.54, 1.807) is 16.8 Å². The summed E-state index contributed by atoms with van der Waals surface area (Å²) in [4.78, 5) is 11.9. The number of hydrogen-bond acceptors (Lipinski definition) is 3. The number of thiophene rings is 1. The first-order valence-electron chi connectivity index (χ1n) is 3.78. The molecule has 0 saturated carbocycles. The minimum Gasteiger partial charge on any atom is -0.289 e. The molecule has 0 aliphatic heterocycles. The largest absolute Gasteiger partial charge is 0.289 e. The van der Waals surface area contributed by atoms with Crippen LogP contribution in [-0.2, 0) is 11.2 Å². The summed E-state index contributed by atoms with van der Waals surface area (Å²) in [5, 5.41) is 10.2. The van der Waals surface area contributed by atoms with Gasteiger partial charge in [0, 0.05) is 11.3 Å². The molecule has 0 atom stereocenters. The van der Waals surface area contributed by atoms with Gasteiger partial charge in [-0.3, -0.25) is 10.0 Å². The van der Waals surface area contributed by atoms with Crippen LogP contribution in [0.4, 0.5) is 0 Å². The molecular weight excluding hydrogens is 174 g/mol. The van der Waals surface area contributed by atoms with Gasteiger partial charge in [-0.25, -0.2) is 5.48 Å². The third-order valence-electron chi connectivity index (χ3n) is 1.53. The maximum absolute atomic E-state index is 10.6. The highest BCUT2D eigenvalue weighted by Crippen LogP contribution is 2.11. The van der Waals surface area contributed by atoms with Crippen LogP contribution >= 0.6 is 11.3 Å². The van der Waals surface area contributed by atoms with Crippen molar-refractivity contribution in [1.29, 1.82) is 0 Å². The molecule has 0 aliphatic carbocycles. The lowest BCUT2D eigenvalue weighted by atomic mass is 10.2. The molecule has 0 aromatic carbocycles. The van der Waals surface area contributed by atoms with E-state index in [4.69, 9.17) is 5.21 Å². The van der Waals surface area contributed by atoms with Crippen LogP contribution in [-0.4, -0.2) is 11.1 Å². The molecule has 12 heavy (non-hydrogen) atoms. The molecule has 0 bridgehead atoms. The number of hydrogen-bond donors (Lipinski definition) is 2. The number of rotatable bonds is 4. The van der Waals surface area contributed by atoms with Crippen molar-refractivity contribution in [2.75, 3.05) is 0 Å². The average molecular weight is 185 g/mol. The quantitative estimate of drug-likeness (QED) is 0.552. The Balaban J connectivity index is 2.15. The number of nitrogens with one attached hydrogen (secondary N) is 1. The number of carbonyl (C=O) groups is 1. The van der Waals surface area contributed by atoms with Crippen LogP contribution in [0.15, 0.2) is 17.5 Å². The van der Waals surface area contributed by atoms with Crippen molar-refractivity contribution in [1.82, 2.24) is 5.48 Å². The van der Waals surface area contributed by atoms with E-state index in [1.807, 2.05) is 17.5 Å². The number of hydroxylamine groups is 1. The smallest absolute Gasteiger partial charge is 0.243 e. The minimum absolute atomic E-state index is 0.313. The van der Waals surface area contributed by atoms with Gasteiger partial charge < -0.3 is 0 Å². The molecular formula is C8H11NO2S. The highest BCUT2D eigenvalue weighted by Gasteiger charge is 1.99. The zero-order chi connectivity index (χ0) is 8.81. The molecule has 0 aliphatic rings. The van der Waals surface area contributed by atoms with Gasteiger partial charge in [0.1, 0.15) is 0 Å². The standard InChI is InChI=1S/C8H11NO2S/c10-8(9-11)5-1-3-7-4-2-6-12-7/h2,4,6,11H,1,3,5H2,(H,9,10). The topological polar surface area (TPSA) is 49.3 Å². The first-order chi connectivity index (χ1) is 5.83. The van der Waals surface area contributed by atoms with E-state index in [0.717, 1.165) is 12.8 Å². The molecule has 1 aromatic heterocycles. The Morgan fingerprint density at radius 2 is 2.50 bits per heavy atom. The zero-order valence-corrected chi connectivity index (χ0v) is 7.43. The van der Waals surface area contributed by atoms with E-state index in [-0.39, 0.29) is 5.91 Å².